The second-order valence-corrected chi connectivity index (χ2v) is 8.03. The van der Waals surface area contributed by atoms with Crippen LogP contribution < -0.4 is 5.32 Å². The van der Waals surface area contributed by atoms with Gasteiger partial charge in [-0.2, -0.15) is 0 Å². The molecule has 0 aromatic heterocycles. The summed E-state index contributed by atoms with van der Waals surface area (Å²) in [5.74, 6) is 1.24. The monoisotopic (exact) mass is 350 g/mol. The lowest BCUT2D eigenvalue weighted by atomic mass is 9.94. The quantitative estimate of drug-likeness (QED) is 0.742. The number of carbonyl (C=O) groups is 2. The van der Waals surface area contributed by atoms with Gasteiger partial charge in [-0.15, -0.1) is 0 Å². The van der Waals surface area contributed by atoms with Crippen molar-refractivity contribution in [2.75, 3.05) is 52.9 Å². The molecule has 0 radical (unpaired) electrons. The van der Waals surface area contributed by atoms with Crippen LogP contribution in [-0.4, -0.2) is 85.4 Å². The molecule has 0 spiro atoms. The number of piperazine rings is 1. The number of carbonyl (C=O) groups excluding carboxylic acids is 2. The third-order valence-electron chi connectivity index (χ3n) is 6.01. The molecule has 2 amide bonds. The van der Waals surface area contributed by atoms with Gasteiger partial charge in [0.15, 0.2) is 0 Å². The largest absolute Gasteiger partial charge is 0.342 e. The van der Waals surface area contributed by atoms with Crippen LogP contribution in [0, 0.1) is 5.92 Å². The summed E-state index contributed by atoms with van der Waals surface area (Å²) in [4.78, 5) is 30.8. The molecule has 3 rings (SSSR count). The number of nitrogens with zero attached hydrogens (tertiary/aromatic N) is 3. The fraction of sp³-hybridized carbons (Fsp3) is 0.895. The SMILES string of the molecule is CN(C(=O)CN1CCN(C(=O)CNCC2CC2)CC1)C1CCCCC1. The summed E-state index contributed by atoms with van der Waals surface area (Å²) in [6.07, 6.45) is 8.73. The van der Waals surface area contributed by atoms with E-state index in [0.717, 1.165) is 51.5 Å². The molecule has 1 aliphatic heterocycles. The molecule has 142 valence electrons. The van der Waals surface area contributed by atoms with Crippen LogP contribution in [0.2, 0.25) is 0 Å². The first-order valence-electron chi connectivity index (χ1n) is 10.1. The van der Waals surface area contributed by atoms with E-state index in [0.29, 0.717) is 19.1 Å². The smallest absolute Gasteiger partial charge is 0.236 e. The molecule has 6 heteroatoms. The predicted molar refractivity (Wildman–Crippen MR) is 98.3 cm³/mol. The summed E-state index contributed by atoms with van der Waals surface area (Å²) in [5, 5.41) is 3.27. The molecule has 6 nitrogen and oxygen atoms in total. The molecule has 3 aliphatic rings. The summed E-state index contributed by atoms with van der Waals surface area (Å²) in [6, 6.07) is 0.432. The van der Waals surface area contributed by atoms with Gasteiger partial charge in [-0.25, -0.2) is 0 Å². The molecular weight excluding hydrogens is 316 g/mol. The van der Waals surface area contributed by atoms with Gasteiger partial charge < -0.3 is 15.1 Å². The maximum absolute atomic E-state index is 12.5. The zero-order valence-corrected chi connectivity index (χ0v) is 15.7. The van der Waals surface area contributed by atoms with Gasteiger partial charge in [0.1, 0.15) is 0 Å². The Hall–Kier alpha value is -1.14. The van der Waals surface area contributed by atoms with Crippen molar-refractivity contribution in [2.45, 2.75) is 51.0 Å². The Morgan fingerprint density at radius 2 is 1.68 bits per heavy atom. The van der Waals surface area contributed by atoms with Crippen LogP contribution in [0.1, 0.15) is 44.9 Å². The van der Waals surface area contributed by atoms with Crippen LogP contribution in [-0.2, 0) is 9.59 Å². The fourth-order valence-corrected chi connectivity index (χ4v) is 3.95. The van der Waals surface area contributed by atoms with Crippen molar-refractivity contribution in [3.63, 3.8) is 0 Å². The molecule has 2 aliphatic carbocycles. The average Bonchev–Trinajstić information content (AvgIpc) is 3.46. The third-order valence-corrected chi connectivity index (χ3v) is 6.01. The van der Waals surface area contributed by atoms with E-state index in [9.17, 15) is 9.59 Å². The van der Waals surface area contributed by atoms with Crippen LogP contribution in [0.15, 0.2) is 0 Å². The lowest BCUT2D eigenvalue weighted by molar-refractivity contribution is -0.135. The molecule has 0 aromatic rings. The van der Waals surface area contributed by atoms with Gasteiger partial charge in [-0.3, -0.25) is 14.5 Å². The molecule has 25 heavy (non-hydrogen) atoms. The van der Waals surface area contributed by atoms with E-state index < -0.39 is 0 Å². The first kappa shape index (κ1) is 18.6. The van der Waals surface area contributed by atoms with E-state index >= 15 is 0 Å². The predicted octanol–water partition coefficient (Wildman–Crippen LogP) is 0.921. The second-order valence-electron chi connectivity index (χ2n) is 8.03. The number of likely N-dealkylation sites (N-methyl/N-ethyl adjacent to an activating group) is 1. The third kappa shape index (κ3) is 5.68. The van der Waals surface area contributed by atoms with Gasteiger partial charge in [0.2, 0.25) is 11.8 Å². The molecule has 0 aromatic carbocycles. The van der Waals surface area contributed by atoms with Gasteiger partial charge >= 0.3 is 0 Å². The van der Waals surface area contributed by atoms with Crippen LogP contribution in [0.5, 0.6) is 0 Å². The molecule has 0 atom stereocenters. The Bertz CT molecular complexity index is 452. The van der Waals surface area contributed by atoms with Crippen molar-refractivity contribution in [1.82, 2.24) is 20.0 Å². The molecule has 1 heterocycles. The summed E-state index contributed by atoms with van der Waals surface area (Å²) in [7, 11) is 1.96. The molecule has 1 saturated heterocycles. The van der Waals surface area contributed by atoms with E-state index in [4.69, 9.17) is 0 Å². The highest BCUT2D eigenvalue weighted by Crippen LogP contribution is 2.27. The Balaban J connectivity index is 1.33. The summed E-state index contributed by atoms with van der Waals surface area (Å²) < 4.78 is 0. The second kappa shape index (κ2) is 8.99. The number of hydrogen-bond donors (Lipinski definition) is 1. The topological polar surface area (TPSA) is 55.9 Å². The zero-order chi connectivity index (χ0) is 17.6. The molecular formula is C19H34N4O2. The minimum absolute atomic E-state index is 0.200. The van der Waals surface area contributed by atoms with Gasteiger partial charge in [0.05, 0.1) is 13.1 Å². The maximum atomic E-state index is 12.5. The minimum atomic E-state index is 0.200. The van der Waals surface area contributed by atoms with Crippen molar-refractivity contribution in [3.8, 4) is 0 Å². The molecule has 0 bridgehead atoms. The molecule has 1 N–H and O–H groups in total. The van der Waals surface area contributed by atoms with Crippen molar-refractivity contribution in [1.29, 1.82) is 0 Å². The van der Waals surface area contributed by atoms with Crippen molar-refractivity contribution < 1.29 is 9.59 Å². The van der Waals surface area contributed by atoms with Gasteiger partial charge in [-0.05, 0) is 38.1 Å². The molecule has 0 unspecified atom stereocenters. The lowest BCUT2D eigenvalue weighted by Crippen LogP contribution is -2.53. The highest BCUT2D eigenvalue weighted by molar-refractivity contribution is 5.79. The van der Waals surface area contributed by atoms with E-state index in [1.807, 2.05) is 16.8 Å². The van der Waals surface area contributed by atoms with E-state index in [1.54, 1.807) is 0 Å². The minimum Gasteiger partial charge on any atom is -0.342 e. The summed E-state index contributed by atoms with van der Waals surface area (Å²) in [5.41, 5.74) is 0. The number of rotatable bonds is 7. The standard InChI is InChI=1S/C19H34N4O2/c1-21(17-5-3-2-4-6-17)19(25)15-22-9-11-23(12-10-22)18(24)14-20-13-16-7-8-16/h16-17,20H,2-15H2,1H3. The van der Waals surface area contributed by atoms with Crippen molar-refractivity contribution >= 4 is 11.8 Å². The maximum Gasteiger partial charge on any atom is 0.236 e. The van der Waals surface area contributed by atoms with Crippen LogP contribution in [0.4, 0.5) is 0 Å². The number of nitrogens with one attached hydrogen (secondary N) is 1. The Kier molecular flexibility index (Phi) is 6.70. The summed E-state index contributed by atoms with van der Waals surface area (Å²) >= 11 is 0. The van der Waals surface area contributed by atoms with Gasteiger partial charge in [0.25, 0.3) is 0 Å². The van der Waals surface area contributed by atoms with Gasteiger partial charge in [0, 0.05) is 39.3 Å². The summed E-state index contributed by atoms with van der Waals surface area (Å²) in [6.45, 7) is 5.02. The Morgan fingerprint density at radius 1 is 1.00 bits per heavy atom. The van der Waals surface area contributed by atoms with Crippen LogP contribution in [0.25, 0.3) is 0 Å². The normalized spacial score (nSPS) is 22.8. The number of amides is 2. The van der Waals surface area contributed by atoms with Crippen molar-refractivity contribution in [3.05, 3.63) is 0 Å². The average molecular weight is 351 g/mol. The number of hydrogen-bond acceptors (Lipinski definition) is 4. The van der Waals surface area contributed by atoms with E-state index in [2.05, 4.69) is 10.2 Å². The first-order chi connectivity index (χ1) is 12.1. The fourth-order valence-electron chi connectivity index (χ4n) is 3.95. The van der Waals surface area contributed by atoms with Gasteiger partial charge in [-0.1, -0.05) is 19.3 Å². The first-order valence-corrected chi connectivity index (χ1v) is 10.1. The molecule has 2 saturated carbocycles. The van der Waals surface area contributed by atoms with Crippen molar-refractivity contribution in [2.24, 2.45) is 5.92 Å². The highest BCUT2D eigenvalue weighted by Gasteiger charge is 2.27. The van der Waals surface area contributed by atoms with E-state index in [1.165, 1.54) is 32.1 Å². The van der Waals surface area contributed by atoms with Crippen LogP contribution >= 0.6 is 0 Å². The zero-order valence-electron chi connectivity index (χ0n) is 15.7. The Morgan fingerprint density at radius 3 is 2.32 bits per heavy atom. The highest BCUT2D eigenvalue weighted by atomic mass is 16.2. The lowest BCUT2D eigenvalue weighted by Gasteiger charge is -2.37. The van der Waals surface area contributed by atoms with E-state index in [-0.39, 0.29) is 11.8 Å². The van der Waals surface area contributed by atoms with Crippen LogP contribution in [0.3, 0.4) is 0 Å². The Labute approximate surface area is 151 Å². The molecule has 3 fully saturated rings.